The van der Waals surface area contributed by atoms with Crippen LogP contribution >= 0.6 is 15.6 Å². The third-order valence-corrected chi connectivity index (χ3v) is 19.2. The van der Waals surface area contributed by atoms with E-state index >= 15 is 0 Å². The van der Waals surface area contributed by atoms with Crippen LogP contribution in [0.4, 0.5) is 0 Å². The number of carbonyl (C=O) groups excluding carboxylic acids is 4. The van der Waals surface area contributed by atoms with Crippen molar-refractivity contribution in [3.63, 3.8) is 0 Å². The van der Waals surface area contributed by atoms with Gasteiger partial charge in [0.05, 0.1) is 26.4 Å². The maximum Gasteiger partial charge on any atom is 0.472 e. The highest BCUT2D eigenvalue weighted by Gasteiger charge is 2.30. The molecule has 0 aliphatic rings. The van der Waals surface area contributed by atoms with Gasteiger partial charge < -0.3 is 33.8 Å². The Morgan fingerprint density at radius 2 is 0.527 bits per heavy atom. The van der Waals surface area contributed by atoms with Crippen LogP contribution in [0, 0.1) is 23.7 Å². The number of carbonyl (C=O) groups is 4. The molecular formula is C72H140O17P2. The predicted octanol–water partition coefficient (Wildman–Crippen LogP) is 20.5. The molecule has 17 nitrogen and oxygen atoms in total. The van der Waals surface area contributed by atoms with E-state index in [-0.39, 0.29) is 25.7 Å². The molecule has 0 aliphatic carbocycles. The lowest BCUT2D eigenvalue weighted by Crippen LogP contribution is -2.30. The Morgan fingerprint density at radius 3 is 0.780 bits per heavy atom. The van der Waals surface area contributed by atoms with Crippen molar-refractivity contribution in [1.29, 1.82) is 0 Å². The molecule has 7 atom stereocenters. The molecule has 91 heavy (non-hydrogen) atoms. The van der Waals surface area contributed by atoms with E-state index in [0.29, 0.717) is 25.7 Å². The second-order valence-electron chi connectivity index (χ2n) is 27.4. The van der Waals surface area contributed by atoms with Crippen molar-refractivity contribution >= 4 is 39.5 Å². The number of aliphatic hydroxyl groups excluding tert-OH is 1. The van der Waals surface area contributed by atoms with Crippen molar-refractivity contribution < 1.29 is 80.2 Å². The van der Waals surface area contributed by atoms with Crippen LogP contribution in [0.5, 0.6) is 0 Å². The Balaban J connectivity index is 5.21. The summed E-state index contributed by atoms with van der Waals surface area (Å²) in [6.07, 6.45) is 44.6. The SMILES string of the molecule is CCC(C)CCCCCCCCC(=O)OC[C@H](COP(=O)(O)OC[C@H](O)COP(=O)(O)OC[C@@H](COC(=O)CCCCCCCCC(C)CC)OC(=O)CCCCCCCCCCCC(C)C)OC(=O)CCCCCCCCCCCCCCCCCCC(C)C. The Kier molecular flexibility index (Phi) is 60.3. The lowest BCUT2D eigenvalue weighted by molar-refractivity contribution is -0.161. The molecule has 0 radical (unpaired) electrons. The zero-order valence-electron chi connectivity index (χ0n) is 59.5. The minimum Gasteiger partial charge on any atom is -0.462 e. The minimum absolute atomic E-state index is 0.104. The van der Waals surface area contributed by atoms with Crippen LogP contribution < -0.4 is 0 Å². The fourth-order valence-electron chi connectivity index (χ4n) is 10.8. The number of aliphatic hydroxyl groups is 1. The Labute approximate surface area is 556 Å². The standard InChI is InChI=1S/C72H140O17P2/c1-9-64(7)50-42-34-28-30-36-44-52-69(74)82-58-67(88-71(76)54-46-38-26-22-18-16-14-12-11-13-15-17-20-24-32-40-48-62(3)4)60-86-90(78,79)84-56-66(73)57-85-91(80,81)87-61-68(59-83-70(75)53-45-37-31-29-35-43-51-65(8)10-2)89-72(77)55-47-39-27-23-19-21-25-33-41-49-63(5)6/h62-68,73H,9-61H2,1-8H3,(H,78,79)(H,80,81)/t64?,65?,66-,67+,68+/m0/s1. The van der Waals surface area contributed by atoms with E-state index in [1.54, 1.807) is 0 Å². The third-order valence-electron chi connectivity index (χ3n) is 17.3. The van der Waals surface area contributed by atoms with Gasteiger partial charge in [0.15, 0.2) is 12.2 Å². The maximum absolute atomic E-state index is 13.0. The molecule has 0 saturated heterocycles. The second-order valence-corrected chi connectivity index (χ2v) is 30.3. The van der Waals surface area contributed by atoms with Crippen molar-refractivity contribution in [2.24, 2.45) is 23.7 Å². The van der Waals surface area contributed by atoms with Gasteiger partial charge in [-0.25, -0.2) is 9.13 Å². The highest BCUT2D eigenvalue weighted by Crippen LogP contribution is 2.45. The summed E-state index contributed by atoms with van der Waals surface area (Å²) in [6.45, 7) is 14.1. The number of hydrogen-bond donors (Lipinski definition) is 3. The van der Waals surface area contributed by atoms with E-state index < -0.39 is 97.5 Å². The molecule has 0 spiro atoms. The van der Waals surface area contributed by atoms with Crippen molar-refractivity contribution in [2.75, 3.05) is 39.6 Å². The lowest BCUT2D eigenvalue weighted by Gasteiger charge is -2.21. The van der Waals surface area contributed by atoms with Crippen LogP contribution in [-0.2, 0) is 65.4 Å². The molecule has 0 amide bonds. The summed E-state index contributed by atoms with van der Waals surface area (Å²) in [5, 5.41) is 10.6. The van der Waals surface area contributed by atoms with Gasteiger partial charge in [-0.2, -0.15) is 0 Å². The van der Waals surface area contributed by atoms with Crippen LogP contribution in [0.1, 0.15) is 357 Å². The Bertz CT molecular complexity index is 1800. The summed E-state index contributed by atoms with van der Waals surface area (Å²) in [4.78, 5) is 72.6. The molecule has 0 heterocycles. The van der Waals surface area contributed by atoms with Crippen LogP contribution in [0.15, 0.2) is 0 Å². The normalized spacial score (nSPS) is 14.8. The van der Waals surface area contributed by atoms with Gasteiger partial charge in [-0.1, -0.05) is 306 Å². The average Bonchev–Trinajstić information content (AvgIpc) is 2.94. The first-order valence-corrected chi connectivity index (χ1v) is 40.3. The first kappa shape index (κ1) is 89.1. The fraction of sp³-hybridized carbons (Fsp3) is 0.944. The van der Waals surface area contributed by atoms with Gasteiger partial charge in [0, 0.05) is 25.7 Å². The lowest BCUT2D eigenvalue weighted by atomic mass is 10.00. The molecule has 0 saturated carbocycles. The number of ether oxygens (including phenoxy) is 4. The molecular weight excluding hydrogens is 1200 g/mol. The molecule has 0 fully saturated rings. The average molecular weight is 1340 g/mol. The van der Waals surface area contributed by atoms with Crippen LogP contribution in [0.3, 0.4) is 0 Å². The molecule has 0 bridgehead atoms. The van der Waals surface area contributed by atoms with Crippen molar-refractivity contribution in [2.45, 2.75) is 375 Å². The van der Waals surface area contributed by atoms with Crippen molar-refractivity contribution in [1.82, 2.24) is 0 Å². The molecule has 0 aromatic heterocycles. The Hall–Kier alpha value is -1.94. The number of unbranched alkanes of at least 4 members (excludes halogenated alkanes) is 33. The second kappa shape index (κ2) is 61.6. The first-order chi connectivity index (χ1) is 43.7. The molecule has 19 heteroatoms. The highest BCUT2D eigenvalue weighted by atomic mass is 31.2. The fourth-order valence-corrected chi connectivity index (χ4v) is 12.4. The molecule has 4 unspecified atom stereocenters. The molecule has 3 N–H and O–H groups in total. The van der Waals surface area contributed by atoms with Gasteiger partial charge in [0.2, 0.25) is 0 Å². The largest absolute Gasteiger partial charge is 0.472 e. The van der Waals surface area contributed by atoms with E-state index in [4.69, 9.17) is 37.0 Å². The zero-order valence-corrected chi connectivity index (χ0v) is 61.3. The van der Waals surface area contributed by atoms with Crippen molar-refractivity contribution in [3.05, 3.63) is 0 Å². The minimum atomic E-state index is -4.95. The Morgan fingerprint density at radius 1 is 0.308 bits per heavy atom. The zero-order chi connectivity index (χ0) is 67.5. The first-order valence-electron chi connectivity index (χ1n) is 37.3. The van der Waals surface area contributed by atoms with E-state index in [9.17, 15) is 43.2 Å². The van der Waals surface area contributed by atoms with Crippen LogP contribution in [0.25, 0.3) is 0 Å². The predicted molar refractivity (Wildman–Crippen MR) is 367 cm³/mol. The van der Waals surface area contributed by atoms with Crippen LogP contribution in [-0.4, -0.2) is 96.7 Å². The maximum atomic E-state index is 13.0. The van der Waals surface area contributed by atoms with Gasteiger partial charge in [0.1, 0.15) is 19.3 Å². The molecule has 0 aromatic carbocycles. The van der Waals surface area contributed by atoms with Gasteiger partial charge in [-0.3, -0.25) is 37.3 Å². The summed E-state index contributed by atoms with van der Waals surface area (Å²) in [5.74, 6) is 0.878. The number of phosphoric ester groups is 2. The third kappa shape index (κ3) is 63.9. The number of esters is 4. The summed E-state index contributed by atoms with van der Waals surface area (Å²) >= 11 is 0. The number of hydrogen-bond acceptors (Lipinski definition) is 15. The molecule has 0 aromatic rings. The summed E-state index contributed by atoms with van der Waals surface area (Å²) in [5.41, 5.74) is 0. The van der Waals surface area contributed by atoms with E-state index in [0.717, 1.165) is 126 Å². The highest BCUT2D eigenvalue weighted by molar-refractivity contribution is 7.47. The summed E-state index contributed by atoms with van der Waals surface area (Å²) in [6, 6.07) is 0. The number of rotatable bonds is 69. The van der Waals surface area contributed by atoms with Gasteiger partial charge in [0.25, 0.3) is 0 Å². The quantitative estimate of drug-likeness (QED) is 0.0222. The smallest absolute Gasteiger partial charge is 0.462 e. The molecule has 0 aliphatic heterocycles. The van der Waals surface area contributed by atoms with Crippen LogP contribution in [0.2, 0.25) is 0 Å². The van der Waals surface area contributed by atoms with E-state index in [2.05, 4.69) is 55.4 Å². The number of phosphoric acid groups is 2. The van der Waals surface area contributed by atoms with Gasteiger partial charge >= 0.3 is 39.5 Å². The van der Waals surface area contributed by atoms with Gasteiger partial charge in [-0.05, 0) is 49.4 Å². The summed E-state index contributed by atoms with van der Waals surface area (Å²) in [7, 11) is -9.91. The molecule has 540 valence electrons. The van der Waals surface area contributed by atoms with Crippen molar-refractivity contribution in [3.8, 4) is 0 Å². The van der Waals surface area contributed by atoms with E-state index in [1.807, 2.05) is 0 Å². The monoisotopic (exact) mass is 1340 g/mol. The molecule has 0 rings (SSSR count). The topological polar surface area (TPSA) is 237 Å². The van der Waals surface area contributed by atoms with E-state index in [1.165, 1.54) is 148 Å². The summed E-state index contributed by atoms with van der Waals surface area (Å²) < 4.78 is 68.3. The van der Waals surface area contributed by atoms with Gasteiger partial charge in [-0.15, -0.1) is 0 Å².